The number of fused-ring (bicyclic) bond motifs is 1. The van der Waals surface area contributed by atoms with Crippen LogP contribution in [0.1, 0.15) is 11.1 Å². The molecule has 1 aliphatic rings. The molecule has 1 N–H and O–H groups in total. The molecular formula is C9H8INO. The summed E-state index contributed by atoms with van der Waals surface area (Å²) in [4.78, 5) is 11.0. The maximum atomic E-state index is 11.0. The summed E-state index contributed by atoms with van der Waals surface area (Å²) in [5.41, 5.74) is 3.35. The normalized spacial score (nSPS) is 14.3. The summed E-state index contributed by atoms with van der Waals surface area (Å²) >= 11 is 2.27. The summed E-state index contributed by atoms with van der Waals surface area (Å²) in [7, 11) is 0. The van der Waals surface area contributed by atoms with E-state index >= 15 is 0 Å². The third-order valence-electron chi connectivity index (χ3n) is 2.01. The van der Waals surface area contributed by atoms with Gasteiger partial charge in [-0.25, -0.2) is 0 Å². The molecule has 0 aliphatic carbocycles. The Kier molecular flexibility index (Phi) is 1.83. The van der Waals surface area contributed by atoms with Gasteiger partial charge in [-0.05, 0) is 46.7 Å². The van der Waals surface area contributed by atoms with E-state index in [1.165, 1.54) is 9.13 Å². The van der Waals surface area contributed by atoms with Crippen molar-refractivity contribution in [1.82, 2.24) is 0 Å². The summed E-state index contributed by atoms with van der Waals surface area (Å²) in [5, 5.41) is 2.82. The number of anilines is 1. The molecule has 12 heavy (non-hydrogen) atoms. The Labute approximate surface area is 84.5 Å². The van der Waals surface area contributed by atoms with Gasteiger partial charge in [-0.2, -0.15) is 0 Å². The van der Waals surface area contributed by atoms with Crippen LogP contribution in [0, 0.1) is 10.5 Å². The number of aryl methyl sites for hydroxylation is 1. The number of hydrogen-bond donors (Lipinski definition) is 1. The predicted molar refractivity (Wildman–Crippen MR) is 56.2 cm³/mol. The van der Waals surface area contributed by atoms with Crippen molar-refractivity contribution in [3.8, 4) is 0 Å². The first-order valence-electron chi connectivity index (χ1n) is 3.75. The number of rotatable bonds is 0. The highest BCUT2D eigenvalue weighted by atomic mass is 127. The third kappa shape index (κ3) is 1.22. The summed E-state index contributed by atoms with van der Waals surface area (Å²) in [6.07, 6.45) is 0.535. The Balaban J connectivity index is 2.55. The quantitative estimate of drug-likeness (QED) is 0.720. The van der Waals surface area contributed by atoms with E-state index in [-0.39, 0.29) is 5.91 Å². The van der Waals surface area contributed by atoms with Crippen LogP contribution in [-0.4, -0.2) is 5.91 Å². The van der Waals surface area contributed by atoms with Crippen molar-refractivity contribution in [3.63, 3.8) is 0 Å². The van der Waals surface area contributed by atoms with E-state index in [1.807, 2.05) is 6.07 Å². The van der Waals surface area contributed by atoms with Gasteiger partial charge < -0.3 is 5.32 Å². The summed E-state index contributed by atoms with van der Waals surface area (Å²) in [6, 6.07) is 4.10. The first-order chi connectivity index (χ1) is 5.66. The zero-order valence-corrected chi connectivity index (χ0v) is 8.81. The Hall–Kier alpha value is -0.580. The first-order valence-corrected chi connectivity index (χ1v) is 4.83. The number of benzene rings is 1. The molecule has 1 aromatic rings. The van der Waals surface area contributed by atoms with Gasteiger partial charge in [-0.3, -0.25) is 4.79 Å². The molecule has 2 nitrogen and oxygen atoms in total. The van der Waals surface area contributed by atoms with E-state index in [2.05, 4.69) is 40.9 Å². The maximum Gasteiger partial charge on any atom is 0.228 e. The Morgan fingerprint density at radius 2 is 2.25 bits per heavy atom. The molecule has 1 aromatic carbocycles. The van der Waals surface area contributed by atoms with Crippen molar-refractivity contribution in [2.75, 3.05) is 5.32 Å². The highest BCUT2D eigenvalue weighted by molar-refractivity contribution is 14.1. The van der Waals surface area contributed by atoms with Gasteiger partial charge in [0.25, 0.3) is 0 Å². The van der Waals surface area contributed by atoms with Crippen molar-refractivity contribution in [1.29, 1.82) is 0 Å². The molecule has 0 aromatic heterocycles. The molecule has 0 radical (unpaired) electrons. The number of carbonyl (C=O) groups excluding carboxylic acids is 1. The molecule has 0 spiro atoms. The molecule has 3 heteroatoms. The molecule has 1 amide bonds. The molecule has 0 fully saturated rings. The fraction of sp³-hybridized carbons (Fsp3) is 0.222. The van der Waals surface area contributed by atoms with E-state index in [0.717, 1.165) is 11.3 Å². The van der Waals surface area contributed by atoms with Crippen molar-refractivity contribution in [2.24, 2.45) is 0 Å². The van der Waals surface area contributed by atoms with Crippen LogP contribution in [0.25, 0.3) is 0 Å². The van der Waals surface area contributed by atoms with Gasteiger partial charge in [0.15, 0.2) is 0 Å². The number of halogens is 1. The smallest absolute Gasteiger partial charge is 0.228 e. The van der Waals surface area contributed by atoms with Crippen LogP contribution >= 0.6 is 22.6 Å². The molecule has 0 saturated heterocycles. The van der Waals surface area contributed by atoms with Crippen LogP contribution in [-0.2, 0) is 11.2 Å². The van der Waals surface area contributed by atoms with Crippen molar-refractivity contribution >= 4 is 34.2 Å². The van der Waals surface area contributed by atoms with E-state index in [9.17, 15) is 4.79 Å². The van der Waals surface area contributed by atoms with Crippen LogP contribution in [0.15, 0.2) is 12.1 Å². The molecule has 0 bridgehead atoms. The lowest BCUT2D eigenvalue weighted by molar-refractivity contribution is -0.115. The lowest BCUT2D eigenvalue weighted by Crippen LogP contribution is -2.03. The Bertz CT molecular complexity index is 327. The van der Waals surface area contributed by atoms with E-state index in [4.69, 9.17) is 0 Å². The minimum Gasteiger partial charge on any atom is -0.325 e. The van der Waals surface area contributed by atoms with E-state index < -0.39 is 0 Å². The van der Waals surface area contributed by atoms with E-state index in [1.54, 1.807) is 0 Å². The summed E-state index contributed by atoms with van der Waals surface area (Å²) < 4.78 is 1.20. The molecule has 0 atom stereocenters. The fourth-order valence-electron chi connectivity index (χ4n) is 1.37. The SMILES string of the molecule is Cc1cc2c(cc1I)NC(=O)C2. The minimum absolute atomic E-state index is 0.103. The summed E-state index contributed by atoms with van der Waals surface area (Å²) in [5.74, 6) is 0.103. The van der Waals surface area contributed by atoms with Crippen molar-refractivity contribution < 1.29 is 4.79 Å². The molecule has 0 saturated carbocycles. The highest BCUT2D eigenvalue weighted by Crippen LogP contribution is 2.27. The first kappa shape index (κ1) is 8.04. The van der Waals surface area contributed by atoms with Gasteiger partial charge in [0.2, 0.25) is 5.91 Å². The Morgan fingerprint density at radius 1 is 1.50 bits per heavy atom. The minimum atomic E-state index is 0.103. The largest absolute Gasteiger partial charge is 0.325 e. The van der Waals surface area contributed by atoms with Crippen LogP contribution < -0.4 is 5.32 Å². The predicted octanol–water partition coefficient (Wildman–Crippen LogP) is 2.09. The maximum absolute atomic E-state index is 11.0. The number of nitrogens with one attached hydrogen (secondary N) is 1. The number of amides is 1. The lowest BCUT2D eigenvalue weighted by atomic mass is 10.1. The number of hydrogen-bond acceptors (Lipinski definition) is 1. The molecule has 1 aliphatic heterocycles. The zero-order valence-electron chi connectivity index (χ0n) is 6.65. The second kappa shape index (κ2) is 2.73. The highest BCUT2D eigenvalue weighted by Gasteiger charge is 2.17. The van der Waals surface area contributed by atoms with Crippen molar-refractivity contribution in [3.05, 3.63) is 26.8 Å². The lowest BCUT2D eigenvalue weighted by Gasteiger charge is -2.01. The van der Waals surface area contributed by atoms with Crippen LogP contribution in [0.2, 0.25) is 0 Å². The topological polar surface area (TPSA) is 29.1 Å². The van der Waals surface area contributed by atoms with Gasteiger partial charge >= 0.3 is 0 Å². The second-order valence-electron chi connectivity index (χ2n) is 2.98. The monoisotopic (exact) mass is 273 g/mol. The molecular weight excluding hydrogens is 265 g/mol. The molecule has 2 rings (SSSR count). The summed E-state index contributed by atoms with van der Waals surface area (Å²) in [6.45, 7) is 2.06. The van der Waals surface area contributed by atoms with Gasteiger partial charge in [0.1, 0.15) is 0 Å². The van der Waals surface area contributed by atoms with Gasteiger partial charge in [0, 0.05) is 9.26 Å². The van der Waals surface area contributed by atoms with Crippen LogP contribution in [0.4, 0.5) is 5.69 Å². The average Bonchev–Trinajstić information content (AvgIpc) is 2.30. The van der Waals surface area contributed by atoms with Gasteiger partial charge in [-0.1, -0.05) is 6.07 Å². The van der Waals surface area contributed by atoms with E-state index in [0.29, 0.717) is 6.42 Å². The van der Waals surface area contributed by atoms with Crippen LogP contribution in [0.5, 0.6) is 0 Å². The molecule has 62 valence electrons. The molecule has 0 unspecified atom stereocenters. The standard InChI is InChI=1S/C9H8INO/c1-5-2-6-3-9(12)11-8(6)4-7(5)10/h2,4H,3H2,1H3,(H,11,12). The van der Waals surface area contributed by atoms with Crippen molar-refractivity contribution in [2.45, 2.75) is 13.3 Å². The van der Waals surface area contributed by atoms with Gasteiger partial charge in [-0.15, -0.1) is 0 Å². The zero-order chi connectivity index (χ0) is 8.72. The average molecular weight is 273 g/mol. The van der Waals surface area contributed by atoms with Gasteiger partial charge in [0.05, 0.1) is 6.42 Å². The number of carbonyl (C=O) groups is 1. The second-order valence-corrected chi connectivity index (χ2v) is 4.15. The van der Waals surface area contributed by atoms with Crippen LogP contribution in [0.3, 0.4) is 0 Å². The Morgan fingerprint density at radius 3 is 3.00 bits per heavy atom. The molecule has 1 heterocycles. The third-order valence-corrected chi connectivity index (χ3v) is 3.17. The fourth-order valence-corrected chi connectivity index (χ4v) is 1.84.